The molecule has 0 bridgehead atoms. The Balaban J connectivity index is 1.33. The van der Waals surface area contributed by atoms with E-state index in [0.29, 0.717) is 5.56 Å². The van der Waals surface area contributed by atoms with Gasteiger partial charge in [-0.3, -0.25) is 81.6 Å². The van der Waals surface area contributed by atoms with Crippen LogP contribution in [-0.4, -0.2) is 298 Å². The second-order valence-corrected chi connectivity index (χ2v) is 30.7. The van der Waals surface area contributed by atoms with Crippen LogP contribution in [0.15, 0.2) is 24.3 Å². The Hall–Kier alpha value is -9.90. The monoisotopic (exact) mass is 1760 g/mol. The van der Waals surface area contributed by atoms with E-state index in [1.807, 2.05) is 12.0 Å². The van der Waals surface area contributed by atoms with Gasteiger partial charge in [0.2, 0.25) is 12.4 Å². The number of rotatable bonds is 34. The number of hydrogen-bond donors (Lipinski definition) is 0. The normalized spacial score (nSPS) is 31.7. The van der Waals surface area contributed by atoms with E-state index in [0.717, 1.165) is 130 Å². The standard InChI is InChI=1S/C79H109NO43/c1-34(123-80-78(18,19)27-22-28-79(80,20)21)51-23-25-52(26-24-51)113-73-68(108-46(13)92)64(104-42(9)88)59(54(114-73)30-98-36(3)82)119-75-70(110-48(15)94)66(106-44(11)90)61(56(116-75)32-100-38(5)84)121-77-72(112-50(17)96)67(107-45(12)91)62(57(118-77)33-101-39(6)85)122-76-71(111-49(16)95)65(105-43(10)89)60(55(117-76)31-99-37(4)83)120-74-69(109-47(14)93)63(103-41(8)87)58(102-40(7)86)53(115-74)29-97-35(2)81/h23-26,34,53-77H,22,27-33H2,1-21H3/t34?,53-,54-,55-,56-,57-,58-,59-,60-,61-,62-,63+,64+,65+,66+,67+,68-,69-,70-,71-,72-,73-,74+,75+,76+,77+/m1/s1. The fourth-order valence-electron chi connectivity index (χ4n) is 14.8. The van der Waals surface area contributed by atoms with Gasteiger partial charge >= 0.3 is 95.5 Å². The molecule has 0 radical (unpaired) electrons. The number of benzene rings is 1. The number of carbonyl (C=O) groups is 16. The average Bonchev–Trinajstić information content (AvgIpc) is 0.755. The molecule has 44 heteroatoms. The summed E-state index contributed by atoms with van der Waals surface area (Å²) in [6.45, 7) is 20.6. The Bertz CT molecular complexity index is 3900. The van der Waals surface area contributed by atoms with E-state index in [2.05, 4.69) is 27.7 Å². The van der Waals surface area contributed by atoms with Crippen molar-refractivity contribution in [3.05, 3.63) is 29.8 Å². The van der Waals surface area contributed by atoms with Crippen LogP contribution in [0.5, 0.6) is 5.75 Å². The first-order valence-electron chi connectivity index (χ1n) is 39.2. The Morgan fingerprint density at radius 3 is 0.732 bits per heavy atom. The highest BCUT2D eigenvalue weighted by molar-refractivity contribution is 5.72. The summed E-state index contributed by atoms with van der Waals surface area (Å²) < 4.78 is 156. The van der Waals surface area contributed by atoms with E-state index < -0.39 is 288 Å². The molecular weight excluding hydrogens is 1650 g/mol. The third-order valence-corrected chi connectivity index (χ3v) is 19.2. The number of nitrogens with zero attached hydrogens (tertiary/aromatic N) is 1. The smallest absolute Gasteiger partial charge is 0.303 e. The largest absolute Gasteiger partial charge is 0.463 e. The third kappa shape index (κ3) is 28.8. The maximum Gasteiger partial charge on any atom is 0.303 e. The first kappa shape index (κ1) is 100. The van der Waals surface area contributed by atoms with Crippen molar-refractivity contribution in [2.24, 2.45) is 0 Å². The van der Waals surface area contributed by atoms with Gasteiger partial charge in [-0.15, -0.1) is 0 Å². The maximum absolute atomic E-state index is 13.8. The maximum atomic E-state index is 13.8. The quantitative estimate of drug-likeness (QED) is 0.0705. The van der Waals surface area contributed by atoms with Gasteiger partial charge in [-0.25, -0.2) is 0 Å². The molecule has 123 heavy (non-hydrogen) atoms. The zero-order valence-corrected chi connectivity index (χ0v) is 72.0. The highest BCUT2D eigenvalue weighted by atomic mass is 16.8. The van der Waals surface area contributed by atoms with Crippen molar-refractivity contribution in [2.45, 2.75) is 335 Å². The zero-order valence-electron chi connectivity index (χ0n) is 72.0. The number of ether oxygens (including phenoxy) is 26. The van der Waals surface area contributed by atoms with E-state index in [-0.39, 0.29) is 16.8 Å². The van der Waals surface area contributed by atoms with Crippen LogP contribution in [0.2, 0.25) is 0 Å². The minimum Gasteiger partial charge on any atom is -0.463 e. The SMILES string of the molecule is CC(=O)OC[C@H]1O[C@@H](O[C@H]2[C@H](OC(C)=O)[C@@H](OC(C)=O)[C@H](O[C@H]3[C@H](OC(C)=O)[C@@H](OC(C)=O)[C@H](O[C@H]4[C@H](OC(C)=O)[C@@H](OC(C)=O)[C@H](O[C@H]5[C@H](OC(C)=O)[C@@H](OC(C)=O)[C@H](Oc6ccc(C(C)ON7C(C)(C)CCCC7(C)C)cc6)O[C@@H]5COC(C)=O)O[C@@H]4COC(C)=O)O[C@@H]3COC(C)=O)O[C@@H]2COC(C)=O)[C@H](OC(C)=O)[C@@H](OC(C)=O)[C@@H]1OC(C)=O. The molecule has 0 amide bonds. The van der Waals surface area contributed by atoms with E-state index in [1.54, 1.807) is 24.3 Å². The second kappa shape index (κ2) is 44.6. The molecule has 0 aliphatic carbocycles. The van der Waals surface area contributed by atoms with E-state index in [4.69, 9.17) is 128 Å². The van der Waals surface area contributed by atoms with E-state index in [1.165, 1.54) is 0 Å². The van der Waals surface area contributed by atoms with Gasteiger partial charge in [-0.2, -0.15) is 5.06 Å². The van der Waals surface area contributed by atoms with E-state index >= 15 is 0 Å². The highest BCUT2D eigenvalue weighted by Crippen LogP contribution is 2.44. The Morgan fingerprint density at radius 1 is 0.293 bits per heavy atom. The lowest BCUT2D eigenvalue weighted by Crippen LogP contribution is -2.70. The molecule has 44 nitrogen and oxygen atoms in total. The summed E-state index contributed by atoms with van der Waals surface area (Å²) in [4.78, 5) is 218. The number of hydrogen-bond acceptors (Lipinski definition) is 44. The molecular formula is C79H109NO43. The summed E-state index contributed by atoms with van der Waals surface area (Å²) >= 11 is 0. The molecule has 0 N–H and O–H groups in total. The van der Waals surface area contributed by atoms with Crippen LogP contribution in [0.1, 0.15) is 176 Å². The van der Waals surface area contributed by atoms with Gasteiger partial charge in [0.15, 0.2) is 86.2 Å². The lowest BCUT2D eigenvalue weighted by atomic mass is 9.82. The van der Waals surface area contributed by atoms with E-state index in [9.17, 15) is 76.7 Å². The van der Waals surface area contributed by atoms with Gasteiger partial charge in [0.25, 0.3) is 0 Å². The van der Waals surface area contributed by atoms with Crippen LogP contribution in [0.3, 0.4) is 0 Å². The molecule has 0 saturated carbocycles. The molecule has 0 spiro atoms. The fraction of sp³-hybridized carbons (Fsp3) is 0.722. The summed E-state index contributed by atoms with van der Waals surface area (Å²) in [7, 11) is 0. The van der Waals surface area contributed by atoms with Crippen LogP contribution < -0.4 is 4.74 Å². The molecule has 1 unspecified atom stereocenters. The van der Waals surface area contributed by atoms with Crippen molar-refractivity contribution < 1.29 is 205 Å². The molecule has 7 rings (SSSR count). The summed E-state index contributed by atoms with van der Waals surface area (Å²) in [5.41, 5.74) is 0.0955. The molecule has 6 fully saturated rings. The third-order valence-electron chi connectivity index (χ3n) is 19.2. The minimum absolute atomic E-state index is 0.0939. The van der Waals surface area contributed by atoms with Crippen molar-refractivity contribution in [1.82, 2.24) is 5.06 Å². The van der Waals surface area contributed by atoms with Gasteiger partial charge in [0.1, 0.15) is 99.8 Å². The Labute approximate surface area is 706 Å². The predicted molar refractivity (Wildman–Crippen MR) is 397 cm³/mol. The molecule has 26 atom stereocenters. The zero-order chi connectivity index (χ0) is 91.6. The van der Waals surface area contributed by atoms with Crippen molar-refractivity contribution in [2.75, 3.05) is 33.0 Å². The first-order valence-corrected chi connectivity index (χ1v) is 39.2. The summed E-state index contributed by atoms with van der Waals surface area (Å²) in [6, 6.07) is 6.56. The van der Waals surface area contributed by atoms with Crippen LogP contribution in [0, 0.1) is 0 Å². The molecule has 0 aromatic heterocycles. The van der Waals surface area contributed by atoms with Crippen molar-refractivity contribution in [1.29, 1.82) is 0 Å². The summed E-state index contributed by atoms with van der Waals surface area (Å²) in [5, 5.41) is 2.01. The van der Waals surface area contributed by atoms with Crippen LogP contribution in [-0.2, 0) is 200 Å². The molecule has 1 aromatic rings. The molecule has 6 aliphatic rings. The average molecular weight is 1760 g/mol. The van der Waals surface area contributed by atoms with Gasteiger partial charge in [0, 0.05) is 122 Å². The topological polar surface area (TPSA) is 526 Å². The molecule has 688 valence electrons. The van der Waals surface area contributed by atoms with Crippen LogP contribution >= 0.6 is 0 Å². The number of carbonyl (C=O) groups excluding carboxylic acids is 16. The lowest BCUT2D eigenvalue weighted by molar-refractivity contribution is -0.392. The lowest BCUT2D eigenvalue weighted by Gasteiger charge is -2.52. The highest BCUT2D eigenvalue weighted by Gasteiger charge is 2.64. The molecule has 1 aromatic carbocycles. The second-order valence-electron chi connectivity index (χ2n) is 30.7. The Kier molecular flexibility index (Phi) is 36.3. The molecule has 6 aliphatic heterocycles. The van der Waals surface area contributed by atoms with Crippen molar-refractivity contribution in [3.63, 3.8) is 0 Å². The van der Waals surface area contributed by atoms with Gasteiger partial charge in [0.05, 0.1) is 0 Å². The number of hydroxylamine groups is 2. The molecule has 6 heterocycles. The first-order chi connectivity index (χ1) is 57.5. The predicted octanol–water partition coefficient (Wildman–Crippen LogP) is 2.33. The minimum atomic E-state index is -2.34. The Morgan fingerprint density at radius 2 is 0.496 bits per heavy atom. The van der Waals surface area contributed by atoms with Crippen LogP contribution in [0.4, 0.5) is 0 Å². The van der Waals surface area contributed by atoms with Gasteiger partial charge in [-0.1, -0.05) is 12.1 Å². The van der Waals surface area contributed by atoms with Crippen molar-refractivity contribution >= 4 is 95.5 Å². The molecule has 6 saturated heterocycles. The van der Waals surface area contributed by atoms with Gasteiger partial charge in [-0.05, 0) is 71.6 Å². The van der Waals surface area contributed by atoms with Crippen LogP contribution in [0.25, 0.3) is 0 Å². The fourth-order valence-corrected chi connectivity index (χ4v) is 14.8. The van der Waals surface area contributed by atoms with Gasteiger partial charge < -0.3 is 123 Å². The summed E-state index contributed by atoms with van der Waals surface area (Å²) in [6.07, 6.45) is -48.8. The summed E-state index contributed by atoms with van der Waals surface area (Å²) in [5.74, 6) is -17.2. The number of esters is 16. The number of piperidine rings is 1. The van der Waals surface area contributed by atoms with Crippen molar-refractivity contribution in [3.8, 4) is 5.75 Å².